The van der Waals surface area contributed by atoms with E-state index in [-0.39, 0.29) is 11.6 Å². The minimum absolute atomic E-state index is 0.273. The van der Waals surface area contributed by atoms with Gasteiger partial charge in [-0.2, -0.15) is 0 Å². The van der Waals surface area contributed by atoms with Crippen molar-refractivity contribution < 1.29 is 9.13 Å². The van der Waals surface area contributed by atoms with Gasteiger partial charge in [0, 0.05) is 17.8 Å². The Balaban J connectivity index is 1.96. The van der Waals surface area contributed by atoms with Gasteiger partial charge in [0.15, 0.2) is 11.6 Å². The van der Waals surface area contributed by atoms with Crippen molar-refractivity contribution in [3.8, 4) is 5.75 Å². The standard InChI is InChI=1S/C16H21FN2OS/c1-4-18-8-12-5-6-15(14(17)7-12)20-9-13-10-21-16(19-13)11(2)3/h5-7,10-11,18H,4,8-9H2,1-3H3. The van der Waals surface area contributed by atoms with Gasteiger partial charge in [0.05, 0.1) is 10.7 Å². The summed E-state index contributed by atoms with van der Waals surface area (Å²) in [6, 6.07) is 5.07. The number of rotatable bonds is 7. The van der Waals surface area contributed by atoms with Gasteiger partial charge in [-0.05, 0) is 24.2 Å². The highest BCUT2D eigenvalue weighted by Gasteiger charge is 2.08. The molecule has 0 amide bonds. The molecule has 0 bridgehead atoms. The van der Waals surface area contributed by atoms with Gasteiger partial charge in [0.25, 0.3) is 0 Å². The van der Waals surface area contributed by atoms with Crippen molar-refractivity contribution in [2.75, 3.05) is 6.54 Å². The molecule has 5 heteroatoms. The van der Waals surface area contributed by atoms with E-state index in [0.717, 1.165) is 22.8 Å². The van der Waals surface area contributed by atoms with Crippen LogP contribution in [0.1, 0.15) is 43.0 Å². The van der Waals surface area contributed by atoms with Crippen molar-refractivity contribution in [1.29, 1.82) is 0 Å². The maximum atomic E-state index is 13.9. The van der Waals surface area contributed by atoms with E-state index in [4.69, 9.17) is 4.74 Å². The van der Waals surface area contributed by atoms with Crippen LogP contribution in [0.25, 0.3) is 0 Å². The van der Waals surface area contributed by atoms with E-state index >= 15 is 0 Å². The Hall–Kier alpha value is -1.46. The third-order valence-corrected chi connectivity index (χ3v) is 4.21. The summed E-state index contributed by atoms with van der Waals surface area (Å²) in [5, 5.41) is 6.21. The van der Waals surface area contributed by atoms with Crippen LogP contribution in [0.4, 0.5) is 4.39 Å². The second-order valence-corrected chi connectivity index (χ2v) is 6.06. The first-order valence-electron chi connectivity index (χ1n) is 7.16. The summed E-state index contributed by atoms with van der Waals surface area (Å²) >= 11 is 1.62. The number of thiazole rings is 1. The van der Waals surface area contributed by atoms with E-state index in [0.29, 0.717) is 19.1 Å². The van der Waals surface area contributed by atoms with Gasteiger partial charge in [0.2, 0.25) is 0 Å². The molecule has 0 fully saturated rings. The zero-order valence-corrected chi connectivity index (χ0v) is 13.5. The van der Waals surface area contributed by atoms with Crippen LogP contribution in [-0.2, 0) is 13.2 Å². The van der Waals surface area contributed by atoms with Gasteiger partial charge in [0.1, 0.15) is 6.61 Å². The third kappa shape index (κ3) is 4.51. The highest BCUT2D eigenvalue weighted by atomic mass is 32.1. The third-order valence-electron chi connectivity index (χ3n) is 3.01. The number of hydrogen-bond acceptors (Lipinski definition) is 4. The van der Waals surface area contributed by atoms with Crippen LogP contribution in [0.2, 0.25) is 0 Å². The summed E-state index contributed by atoms with van der Waals surface area (Å²) in [7, 11) is 0. The zero-order chi connectivity index (χ0) is 15.2. The SMILES string of the molecule is CCNCc1ccc(OCc2csc(C(C)C)n2)c(F)c1. The Morgan fingerprint density at radius 2 is 2.19 bits per heavy atom. The fraction of sp³-hybridized carbons (Fsp3) is 0.438. The van der Waals surface area contributed by atoms with Crippen LogP contribution in [0.3, 0.4) is 0 Å². The second-order valence-electron chi connectivity index (χ2n) is 5.17. The normalized spacial score (nSPS) is 11.1. The number of ether oxygens (including phenoxy) is 1. The fourth-order valence-electron chi connectivity index (χ4n) is 1.85. The molecule has 3 nitrogen and oxygen atoms in total. The molecule has 0 aliphatic heterocycles. The van der Waals surface area contributed by atoms with Crippen molar-refractivity contribution in [3.63, 3.8) is 0 Å². The lowest BCUT2D eigenvalue weighted by molar-refractivity contribution is 0.286. The number of benzene rings is 1. The molecule has 0 saturated heterocycles. The Kier molecular flexibility index (Phi) is 5.70. The van der Waals surface area contributed by atoms with Crippen LogP contribution in [0.5, 0.6) is 5.75 Å². The van der Waals surface area contributed by atoms with E-state index in [1.165, 1.54) is 6.07 Å². The zero-order valence-electron chi connectivity index (χ0n) is 12.6. The average Bonchev–Trinajstić information content (AvgIpc) is 2.93. The molecular formula is C16H21FN2OS. The molecule has 0 spiro atoms. The molecular weight excluding hydrogens is 287 g/mol. The first kappa shape index (κ1) is 15.9. The summed E-state index contributed by atoms with van der Waals surface area (Å²) in [5.41, 5.74) is 1.76. The molecule has 1 N–H and O–H groups in total. The largest absolute Gasteiger partial charge is 0.484 e. The van der Waals surface area contributed by atoms with E-state index in [9.17, 15) is 4.39 Å². The van der Waals surface area contributed by atoms with Crippen LogP contribution >= 0.6 is 11.3 Å². The molecule has 21 heavy (non-hydrogen) atoms. The molecule has 0 aliphatic carbocycles. The Morgan fingerprint density at radius 1 is 1.38 bits per heavy atom. The van der Waals surface area contributed by atoms with Gasteiger partial charge < -0.3 is 10.1 Å². The van der Waals surface area contributed by atoms with E-state index in [2.05, 4.69) is 24.1 Å². The summed E-state index contributed by atoms with van der Waals surface area (Å²) in [5.74, 6) is 0.352. The van der Waals surface area contributed by atoms with Crippen LogP contribution < -0.4 is 10.1 Å². The monoisotopic (exact) mass is 308 g/mol. The number of aromatic nitrogens is 1. The smallest absolute Gasteiger partial charge is 0.165 e. The Bertz CT molecular complexity index is 583. The lowest BCUT2D eigenvalue weighted by Crippen LogP contribution is -2.11. The summed E-state index contributed by atoms with van der Waals surface area (Å²) in [6.07, 6.45) is 0. The Labute approximate surface area is 129 Å². The highest BCUT2D eigenvalue weighted by molar-refractivity contribution is 7.09. The predicted octanol–water partition coefficient (Wildman–Crippen LogP) is 4.09. The molecule has 0 unspecified atom stereocenters. The molecule has 1 aromatic heterocycles. The molecule has 2 rings (SSSR count). The van der Waals surface area contributed by atoms with Crippen molar-refractivity contribution in [3.05, 3.63) is 45.7 Å². The summed E-state index contributed by atoms with van der Waals surface area (Å²) in [6.45, 7) is 8.05. The number of hydrogen-bond donors (Lipinski definition) is 1. The van der Waals surface area contributed by atoms with Crippen molar-refractivity contribution in [2.45, 2.75) is 39.8 Å². The quantitative estimate of drug-likeness (QED) is 0.836. The van der Waals surface area contributed by atoms with Gasteiger partial charge in [-0.15, -0.1) is 11.3 Å². The Morgan fingerprint density at radius 3 is 2.81 bits per heavy atom. The lowest BCUT2D eigenvalue weighted by atomic mass is 10.2. The first-order valence-corrected chi connectivity index (χ1v) is 8.04. The topological polar surface area (TPSA) is 34.1 Å². The number of nitrogens with zero attached hydrogens (tertiary/aromatic N) is 1. The van der Waals surface area contributed by atoms with Crippen LogP contribution in [-0.4, -0.2) is 11.5 Å². The molecule has 0 radical (unpaired) electrons. The lowest BCUT2D eigenvalue weighted by Gasteiger charge is -2.08. The maximum Gasteiger partial charge on any atom is 0.165 e. The van der Waals surface area contributed by atoms with E-state index in [1.807, 2.05) is 18.4 Å². The second kappa shape index (κ2) is 7.52. The molecule has 0 saturated carbocycles. The van der Waals surface area contributed by atoms with E-state index < -0.39 is 0 Å². The van der Waals surface area contributed by atoms with Gasteiger partial charge in [-0.1, -0.05) is 26.8 Å². The first-order chi connectivity index (χ1) is 10.1. The number of halogens is 1. The van der Waals surface area contributed by atoms with Gasteiger partial charge in [-0.25, -0.2) is 9.37 Å². The number of nitrogens with one attached hydrogen (secondary N) is 1. The molecule has 1 heterocycles. The predicted molar refractivity (Wildman–Crippen MR) is 84.3 cm³/mol. The maximum absolute atomic E-state index is 13.9. The molecule has 0 atom stereocenters. The minimum atomic E-state index is -0.329. The summed E-state index contributed by atoms with van der Waals surface area (Å²) in [4.78, 5) is 4.47. The van der Waals surface area contributed by atoms with Gasteiger partial charge in [-0.3, -0.25) is 0 Å². The van der Waals surface area contributed by atoms with Gasteiger partial charge >= 0.3 is 0 Å². The minimum Gasteiger partial charge on any atom is -0.484 e. The van der Waals surface area contributed by atoms with Crippen LogP contribution in [0.15, 0.2) is 23.6 Å². The van der Waals surface area contributed by atoms with Crippen molar-refractivity contribution >= 4 is 11.3 Å². The molecule has 1 aromatic carbocycles. The highest BCUT2D eigenvalue weighted by Crippen LogP contribution is 2.22. The van der Waals surface area contributed by atoms with Crippen molar-refractivity contribution in [1.82, 2.24) is 10.3 Å². The average molecular weight is 308 g/mol. The molecule has 2 aromatic rings. The molecule has 0 aliphatic rings. The fourth-order valence-corrected chi connectivity index (χ4v) is 2.67. The molecule has 114 valence electrons. The van der Waals surface area contributed by atoms with Crippen molar-refractivity contribution in [2.24, 2.45) is 0 Å². The summed E-state index contributed by atoms with van der Waals surface area (Å²) < 4.78 is 19.5. The van der Waals surface area contributed by atoms with Crippen LogP contribution in [0, 0.1) is 5.82 Å². The van der Waals surface area contributed by atoms with E-state index in [1.54, 1.807) is 17.4 Å².